The molecule has 25 heavy (non-hydrogen) atoms. The van der Waals surface area contributed by atoms with Crippen LogP contribution >= 0.6 is 11.8 Å². The third kappa shape index (κ3) is 3.01. The van der Waals surface area contributed by atoms with Crippen molar-refractivity contribution >= 4 is 33.3 Å². The number of amidine groups is 1. The first kappa shape index (κ1) is 15.8. The summed E-state index contributed by atoms with van der Waals surface area (Å²) < 4.78 is 5.28. The number of rotatable bonds is 3. The summed E-state index contributed by atoms with van der Waals surface area (Å²) in [5.74, 6) is 0.849. The van der Waals surface area contributed by atoms with E-state index in [4.69, 9.17) is 10.5 Å². The smallest absolute Gasteiger partial charge is 0.159 e. The molecule has 1 aliphatic rings. The molecule has 1 aliphatic heterocycles. The maximum atomic E-state index is 6.02. The van der Waals surface area contributed by atoms with Crippen LogP contribution in [0.15, 0.2) is 77.9 Å². The van der Waals surface area contributed by atoms with Gasteiger partial charge in [-0.1, -0.05) is 66.4 Å². The highest BCUT2D eigenvalue weighted by molar-refractivity contribution is 8.14. The van der Waals surface area contributed by atoms with Gasteiger partial charge < -0.3 is 10.5 Å². The van der Waals surface area contributed by atoms with E-state index < -0.39 is 0 Å². The van der Waals surface area contributed by atoms with Crippen LogP contribution in [0, 0.1) is 0 Å². The number of thioether (sulfide) groups is 1. The Morgan fingerprint density at radius 3 is 2.52 bits per heavy atom. The molecule has 0 aliphatic carbocycles. The van der Waals surface area contributed by atoms with Gasteiger partial charge in [-0.25, -0.2) is 4.99 Å². The third-order valence-electron chi connectivity index (χ3n) is 4.37. The Morgan fingerprint density at radius 1 is 0.960 bits per heavy atom. The number of hydrogen-bond acceptors (Lipinski definition) is 4. The molecule has 0 amide bonds. The summed E-state index contributed by atoms with van der Waals surface area (Å²) >= 11 is 1.58. The molecule has 3 aromatic rings. The molecule has 0 radical (unpaired) electrons. The summed E-state index contributed by atoms with van der Waals surface area (Å²) in [5, 5.41) is 3.15. The lowest BCUT2D eigenvalue weighted by Crippen LogP contribution is -2.14. The van der Waals surface area contributed by atoms with Crippen molar-refractivity contribution in [1.82, 2.24) is 0 Å². The van der Waals surface area contributed by atoms with Gasteiger partial charge in [0, 0.05) is 6.20 Å². The molecule has 1 unspecified atom stereocenters. The standard InChI is InChI=1S/C21H18N2OS/c1-24-16-11-9-15(10-12-16)20-19(13-23-21(22)25-20)18-8-4-6-14-5-2-3-7-17(14)18/h2-13,20H,1H3,(H2,22,23). The molecular weight excluding hydrogens is 328 g/mol. The molecule has 0 aromatic heterocycles. The Labute approximate surface area is 151 Å². The maximum Gasteiger partial charge on any atom is 0.159 e. The summed E-state index contributed by atoms with van der Waals surface area (Å²) in [6, 6.07) is 23.0. The van der Waals surface area contributed by atoms with Crippen molar-refractivity contribution in [2.24, 2.45) is 10.7 Å². The summed E-state index contributed by atoms with van der Waals surface area (Å²) in [5.41, 5.74) is 9.56. The van der Waals surface area contributed by atoms with Gasteiger partial charge in [-0.15, -0.1) is 0 Å². The second-order valence-electron chi connectivity index (χ2n) is 5.85. The Hall–Kier alpha value is -2.72. The van der Waals surface area contributed by atoms with Crippen LogP contribution in [0.5, 0.6) is 5.75 Å². The molecule has 0 saturated heterocycles. The van der Waals surface area contributed by atoms with Gasteiger partial charge in [-0.3, -0.25) is 0 Å². The van der Waals surface area contributed by atoms with Crippen LogP contribution in [-0.2, 0) is 0 Å². The van der Waals surface area contributed by atoms with E-state index in [1.165, 1.54) is 27.5 Å². The summed E-state index contributed by atoms with van der Waals surface area (Å²) in [6.07, 6.45) is 1.91. The van der Waals surface area contributed by atoms with Crippen LogP contribution in [0.4, 0.5) is 0 Å². The van der Waals surface area contributed by atoms with E-state index in [1.54, 1.807) is 18.9 Å². The first-order valence-corrected chi connectivity index (χ1v) is 8.96. The predicted octanol–water partition coefficient (Wildman–Crippen LogP) is 4.99. The molecule has 2 N–H and O–H groups in total. The number of ether oxygens (including phenoxy) is 1. The van der Waals surface area contributed by atoms with E-state index in [0.717, 1.165) is 5.75 Å². The van der Waals surface area contributed by atoms with E-state index in [2.05, 4.69) is 59.6 Å². The Morgan fingerprint density at radius 2 is 1.72 bits per heavy atom. The average Bonchev–Trinajstić information content (AvgIpc) is 2.68. The minimum atomic E-state index is 0.106. The van der Waals surface area contributed by atoms with E-state index in [1.807, 2.05) is 18.3 Å². The van der Waals surface area contributed by atoms with Gasteiger partial charge in [-0.05, 0) is 39.6 Å². The van der Waals surface area contributed by atoms with Gasteiger partial charge in [0.2, 0.25) is 0 Å². The molecule has 3 aromatic carbocycles. The monoisotopic (exact) mass is 346 g/mol. The molecule has 3 nitrogen and oxygen atoms in total. The first-order chi connectivity index (χ1) is 12.3. The summed E-state index contributed by atoms with van der Waals surface area (Å²) in [6.45, 7) is 0. The van der Waals surface area contributed by atoms with E-state index in [0.29, 0.717) is 5.17 Å². The van der Waals surface area contributed by atoms with Gasteiger partial charge in [0.1, 0.15) is 5.75 Å². The van der Waals surface area contributed by atoms with Crippen LogP contribution in [0.1, 0.15) is 16.4 Å². The van der Waals surface area contributed by atoms with Crippen molar-refractivity contribution < 1.29 is 4.74 Å². The lowest BCUT2D eigenvalue weighted by atomic mass is 9.93. The second-order valence-corrected chi connectivity index (χ2v) is 6.97. The molecule has 4 heteroatoms. The Bertz CT molecular complexity index is 971. The molecule has 0 bridgehead atoms. The molecule has 4 rings (SSSR count). The average molecular weight is 346 g/mol. The fourth-order valence-electron chi connectivity index (χ4n) is 3.13. The SMILES string of the molecule is COc1ccc(C2SC(N)=NC=C2c2cccc3ccccc23)cc1. The summed E-state index contributed by atoms with van der Waals surface area (Å²) in [7, 11) is 1.68. The summed E-state index contributed by atoms with van der Waals surface area (Å²) in [4.78, 5) is 4.37. The van der Waals surface area contributed by atoms with Crippen molar-refractivity contribution in [3.05, 3.63) is 84.1 Å². The largest absolute Gasteiger partial charge is 0.497 e. The molecule has 0 saturated carbocycles. The highest BCUT2D eigenvalue weighted by Gasteiger charge is 2.24. The van der Waals surface area contributed by atoms with Crippen molar-refractivity contribution in [3.63, 3.8) is 0 Å². The number of hydrogen-bond donors (Lipinski definition) is 1. The Kier molecular flexibility index (Phi) is 4.20. The fraction of sp³-hybridized carbons (Fsp3) is 0.0952. The molecule has 1 heterocycles. The number of benzene rings is 3. The quantitative estimate of drug-likeness (QED) is 0.726. The highest BCUT2D eigenvalue weighted by atomic mass is 32.2. The minimum Gasteiger partial charge on any atom is -0.497 e. The lowest BCUT2D eigenvalue weighted by Gasteiger charge is -2.24. The number of fused-ring (bicyclic) bond motifs is 1. The molecule has 0 fully saturated rings. The van der Waals surface area contributed by atoms with Crippen molar-refractivity contribution in [1.29, 1.82) is 0 Å². The molecule has 124 valence electrons. The van der Waals surface area contributed by atoms with E-state index in [9.17, 15) is 0 Å². The molecular formula is C21H18N2OS. The first-order valence-electron chi connectivity index (χ1n) is 8.08. The highest BCUT2D eigenvalue weighted by Crippen LogP contribution is 2.45. The number of nitrogens with two attached hydrogens (primary N) is 1. The Balaban J connectivity index is 1.84. The van der Waals surface area contributed by atoms with Crippen LogP contribution in [0.25, 0.3) is 16.3 Å². The maximum absolute atomic E-state index is 6.02. The third-order valence-corrected chi connectivity index (χ3v) is 5.48. The van der Waals surface area contributed by atoms with Gasteiger partial charge >= 0.3 is 0 Å². The van der Waals surface area contributed by atoms with Gasteiger partial charge in [0.25, 0.3) is 0 Å². The molecule has 1 atom stereocenters. The molecule has 0 spiro atoms. The zero-order chi connectivity index (χ0) is 17.2. The van der Waals surface area contributed by atoms with E-state index in [-0.39, 0.29) is 5.25 Å². The van der Waals surface area contributed by atoms with Crippen LogP contribution in [0.2, 0.25) is 0 Å². The predicted molar refractivity (Wildman–Crippen MR) is 107 cm³/mol. The van der Waals surface area contributed by atoms with Gasteiger partial charge in [-0.2, -0.15) is 0 Å². The van der Waals surface area contributed by atoms with Crippen LogP contribution in [-0.4, -0.2) is 12.3 Å². The lowest BCUT2D eigenvalue weighted by molar-refractivity contribution is 0.414. The number of nitrogens with zero attached hydrogens (tertiary/aromatic N) is 1. The fourth-order valence-corrected chi connectivity index (χ4v) is 4.09. The number of methoxy groups -OCH3 is 1. The van der Waals surface area contributed by atoms with Gasteiger partial charge in [0.15, 0.2) is 5.17 Å². The normalized spacial score (nSPS) is 17.1. The van der Waals surface area contributed by atoms with Crippen molar-refractivity contribution in [2.45, 2.75) is 5.25 Å². The topological polar surface area (TPSA) is 47.6 Å². The van der Waals surface area contributed by atoms with Crippen molar-refractivity contribution in [3.8, 4) is 5.75 Å². The van der Waals surface area contributed by atoms with E-state index >= 15 is 0 Å². The number of aliphatic imine (C=N–C) groups is 1. The zero-order valence-corrected chi connectivity index (χ0v) is 14.7. The second kappa shape index (κ2) is 6.65. The van der Waals surface area contributed by atoms with Crippen molar-refractivity contribution in [2.75, 3.05) is 7.11 Å². The van der Waals surface area contributed by atoms with Crippen LogP contribution < -0.4 is 10.5 Å². The van der Waals surface area contributed by atoms with Gasteiger partial charge in [0.05, 0.1) is 12.4 Å². The van der Waals surface area contributed by atoms with Crippen LogP contribution in [0.3, 0.4) is 0 Å². The minimum absolute atomic E-state index is 0.106. The zero-order valence-electron chi connectivity index (χ0n) is 13.8.